The number of hydrogen-bond acceptors (Lipinski definition) is 3. The lowest BCUT2D eigenvalue weighted by Gasteiger charge is -2.30. The molecule has 0 radical (unpaired) electrons. The molecule has 2 N–H and O–H groups in total. The number of nitrogens with zero attached hydrogens (tertiary/aromatic N) is 1. The number of aryl methyl sites for hydroxylation is 1. The van der Waals surface area contributed by atoms with E-state index in [9.17, 15) is 4.79 Å². The van der Waals surface area contributed by atoms with E-state index >= 15 is 0 Å². The van der Waals surface area contributed by atoms with Gasteiger partial charge in [0.1, 0.15) is 0 Å². The van der Waals surface area contributed by atoms with Crippen LogP contribution in [0.3, 0.4) is 0 Å². The van der Waals surface area contributed by atoms with Gasteiger partial charge in [0.05, 0.1) is 0 Å². The number of carbonyl (C=O) groups is 1. The second-order valence-electron chi connectivity index (χ2n) is 5.23. The van der Waals surface area contributed by atoms with Gasteiger partial charge in [0.25, 0.3) is 0 Å². The largest absolute Gasteiger partial charge is 0.398 e. The van der Waals surface area contributed by atoms with E-state index in [0.29, 0.717) is 6.42 Å². The lowest BCUT2D eigenvalue weighted by Crippen LogP contribution is -2.35. The third-order valence-electron chi connectivity index (χ3n) is 3.79. The third kappa shape index (κ3) is 3.14. The number of rotatable bonds is 3. The Bertz CT molecular complexity index is 668. The van der Waals surface area contributed by atoms with Gasteiger partial charge in [-0.2, -0.15) is 0 Å². The average Bonchev–Trinajstić information content (AvgIpc) is 2.90. The average molecular weight is 365 g/mol. The van der Waals surface area contributed by atoms with E-state index in [4.69, 9.17) is 5.73 Å². The van der Waals surface area contributed by atoms with Crippen molar-refractivity contribution < 1.29 is 4.79 Å². The maximum atomic E-state index is 12.5. The summed E-state index contributed by atoms with van der Waals surface area (Å²) >= 11 is 5.13. The molecule has 0 unspecified atom stereocenters. The number of anilines is 2. The van der Waals surface area contributed by atoms with Gasteiger partial charge >= 0.3 is 0 Å². The van der Waals surface area contributed by atoms with E-state index in [1.54, 1.807) is 11.3 Å². The molecule has 5 heteroatoms. The van der Waals surface area contributed by atoms with Crippen molar-refractivity contribution in [3.8, 4) is 0 Å². The normalized spacial score (nSPS) is 14.0. The minimum absolute atomic E-state index is 0.186. The molecule has 1 amide bonds. The van der Waals surface area contributed by atoms with Crippen LogP contribution in [0.4, 0.5) is 11.4 Å². The molecule has 0 atom stereocenters. The van der Waals surface area contributed by atoms with Crippen LogP contribution < -0.4 is 10.6 Å². The summed E-state index contributed by atoms with van der Waals surface area (Å²) < 4.78 is 1.09. The van der Waals surface area contributed by atoms with E-state index in [1.165, 1.54) is 4.88 Å². The summed E-state index contributed by atoms with van der Waals surface area (Å²) in [5.74, 6) is 0.186. The van der Waals surface area contributed by atoms with Crippen molar-refractivity contribution in [1.29, 1.82) is 0 Å². The summed E-state index contributed by atoms with van der Waals surface area (Å²) in [5.41, 5.74) is 8.95. The minimum atomic E-state index is 0.186. The Balaban J connectivity index is 1.73. The Morgan fingerprint density at radius 3 is 3.05 bits per heavy atom. The van der Waals surface area contributed by atoms with Crippen molar-refractivity contribution >= 4 is 44.5 Å². The van der Waals surface area contributed by atoms with Gasteiger partial charge in [-0.15, -0.1) is 11.3 Å². The highest BCUT2D eigenvalue weighted by Crippen LogP contribution is 2.32. The molecule has 3 nitrogen and oxygen atoms in total. The molecule has 21 heavy (non-hydrogen) atoms. The molecular weight excluding hydrogens is 348 g/mol. The summed E-state index contributed by atoms with van der Waals surface area (Å²) in [5, 5.41) is 2.05. The molecule has 2 aromatic rings. The van der Waals surface area contributed by atoms with Crippen molar-refractivity contribution in [3.63, 3.8) is 0 Å². The standard InChI is InChI=1S/C16H17BrN2OS/c17-11-9-12(21-10-11)6-7-16(20)19-8-2-3-13-14(18)4-1-5-15(13)19/h1,4-5,9-10H,2-3,6-8,18H2. The smallest absolute Gasteiger partial charge is 0.227 e. The van der Waals surface area contributed by atoms with Gasteiger partial charge in [-0.05, 0) is 59.0 Å². The Kier molecular flexibility index (Phi) is 4.31. The monoisotopic (exact) mass is 364 g/mol. The van der Waals surface area contributed by atoms with Crippen molar-refractivity contribution in [2.75, 3.05) is 17.2 Å². The van der Waals surface area contributed by atoms with Crippen LogP contribution in [0.15, 0.2) is 34.1 Å². The van der Waals surface area contributed by atoms with Gasteiger partial charge in [-0.25, -0.2) is 0 Å². The highest BCUT2D eigenvalue weighted by molar-refractivity contribution is 9.10. The van der Waals surface area contributed by atoms with Gasteiger partial charge in [0.15, 0.2) is 0 Å². The summed E-state index contributed by atoms with van der Waals surface area (Å²) in [4.78, 5) is 15.7. The predicted molar refractivity (Wildman–Crippen MR) is 91.9 cm³/mol. The Morgan fingerprint density at radius 2 is 2.29 bits per heavy atom. The van der Waals surface area contributed by atoms with Crippen molar-refractivity contribution in [3.05, 3.63) is 44.6 Å². The lowest BCUT2D eigenvalue weighted by molar-refractivity contribution is -0.118. The summed E-state index contributed by atoms with van der Waals surface area (Å²) in [6.07, 6.45) is 3.28. The van der Waals surface area contributed by atoms with Gasteiger partial charge in [-0.1, -0.05) is 6.07 Å². The Hall–Kier alpha value is -1.33. The molecule has 1 aliphatic rings. The third-order valence-corrected chi connectivity index (χ3v) is 5.55. The van der Waals surface area contributed by atoms with Gasteiger partial charge < -0.3 is 10.6 Å². The fourth-order valence-corrected chi connectivity index (χ4v) is 4.22. The molecule has 3 rings (SSSR count). The van der Waals surface area contributed by atoms with Crippen molar-refractivity contribution in [2.45, 2.75) is 25.7 Å². The van der Waals surface area contributed by atoms with Crippen molar-refractivity contribution in [1.82, 2.24) is 0 Å². The van der Waals surface area contributed by atoms with Gasteiger partial charge in [-0.3, -0.25) is 4.79 Å². The van der Waals surface area contributed by atoms with Crippen LogP contribution in [0.25, 0.3) is 0 Å². The van der Waals surface area contributed by atoms with Crippen LogP contribution in [-0.2, 0) is 17.6 Å². The maximum Gasteiger partial charge on any atom is 0.227 e. The van der Waals surface area contributed by atoms with E-state index in [-0.39, 0.29) is 5.91 Å². The number of fused-ring (bicyclic) bond motifs is 1. The topological polar surface area (TPSA) is 46.3 Å². The zero-order valence-electron chi connectivity index (χ0n) is 11.6. The van der Waals surface area contributed by atoms with E-state index in [1.807, 2.05) is 23.1 Å². The second-order valence-corrected chi connectivity index (χ2v) is 7.14. The summed E-state index contributed by atoms with van der Waals surface area (Å²) in [6.45, 7) is 0.795. The minimum Gasteiger partial charge on any atom is -0.398 e. The first-order chi connectivity index (χ1) is 10.1. The molecule has 1 aromatic carbocycles. The predicted octanol–water partition coefficient (Wildman–Crippen LogP) is 4.00. The number of thiophene rings is 1. The van der Waals surface area contributed by atoms with Crippen LogP contribution in [0.5, 0.6) is 0 Å². The molecule has 2 heterocycles. The fourth-order valence-electron chi connectivity index (χ4n) is 2.76. The number of carbonyl (C=O) groups excluding carboxylic acids is 1. The number of nitrogen functional groups attached to an aromatic ring is 1. The maximum absolute atomic E-state index is 12.5. The fraction of sp³-hybridized carbons (Fsp3) is 0.312. The van der Waals surface area contributed by atoms with Crippen LogP contribution in [0.1, 0.15) is 23.3 Å². The second kappa shape index (κ2) is 6.20. The molecule has 1 aromatic heterocycles. The first-order valence-corrected chi connectivity index (χ1v) is 8.73. The van der Waals surface area contributed by atoms with Gasteiger partial charge in [0.2, 0.25) is 5.91 Å². The van der Waals surface area contributed by atoms with E-state index < -0.39 is 0 Å². The quantitative estimate of drug-likeness (QED) is 0.836. The molecule has 1 aliphatic heterocycles. The van der Waals surface area contributed by atoms with Crippen LogP contribution in [0, 0.1) is 0 Å². The highest BCUT2D eigenvalue weighted by atomic mass is 79.9. The summed E-state index contributed by atoms with van der Waals surface area (Å²) in [6, 6.07) is 7.93. The molecular formula is C16H17BrN2OS. The van der Waals surface area contributed by atoms with Crippen LogP contribution >= 0.6 is 27.3 Å². The number of benzene rings is 1. The van der Waals surface area contributed by atoms with Crippen molar-refractivity contribution in [2.24, 2.45) is 0 Å². The molecule has 110 valence electrons. The Labute approximate surface area is 136 Å². The molecule has 0 saturated carbocycles. The number of halogens is 1. The van der Waals surface area contributed by atoms with Crippen LogP contribution in [0.2, 0.25) is 0 Å². The summed E-state index contributed by atoms with van der Waals surface area (Å²) in [7, 11) is 0. The zero-order valence-corrected chi connectivity index (χ0v) is 14.0. The van der Waals surface area contributed by atoms with E-state index in [2.05, 4.69) is 27.4 Å². The SMILES string of the molecule is Nc1cccc2c1CCCN2C(=O)CCc1cc(Br)cs1. The Morgan fingerprint density at radius 1 is 1.43 bits per heavy atom. The lowest BCUT2D eigenvalue weighted by atomic mass is 9.99. The van der Waals surface area contributed by atoms with Crippen LogP contribution in [-0.4, -0.2) is 12.5 Å². The molecule has 0 spiro atoms. The van der Waals surface area contributed by atoms with E-state index in [0.717, 1.165) is 47.2 Å². The van der Waals surface area contributed by atoms with Gasteiger partial charge in [0, 0.05) is 39.1 Å². The molecule has 0 fully saturated rings. The molecule has 0 aliphatic carbocycles. The first kappa shape index (κ1) is 14.6. The number of hydrogen-bond donors (Lipinski definition) is 1. The number of amides is 1. The first-order valence-electron chi connectivity index (χ1n) is 7.06. The number of nitrogens with two attached hydrogens (primary N) is 1. The molecule has 0 bridgehead atoms. The highest BCUT2D eigenvalue weighted by Gasteiger charge is 2.23. The molecule has 0 saturated heterocycles. The zero-order chi connectivity index (χ0) is 14.8.